The SMILES string of the molecule is COc1nn(C)cc1Nc1nc(N2C[C@@H](F)[C@H](NC(=O)OC(C)(C)C)C2)nc2c1ncn2C12CC(C1)C2. The number of carbonyl (C=O) groups is 1. The minimum absolute atomic E-state index is 0.0446. The van der Waals surface area contributed by atoms with Crippen molar-refractivity contribution in [2.75, 3.05) is 30.4 Å². The number of ether oxygens (including phenoxy) is 2. The third kappa shape index (κ3) is 4.09. The predicted molar refractivity (Wildman–Crippen MR) is 134 cm³/mol. The van der Waals surface area contributed by atoms with Gasteiger partial charge in [0.15, 0.2) is 17.0 Å². The number of anilines is 3. The van der Waals surface area contributed by atoms with Gasteiger partial charge in [0.05, 0.1) is 32.2 Å². The van der Waals surface area contributed by atoms with Crippen LogP contribution in [0, 0.1) is 5.92 Å². The predicted octanol–water partition coefficient (Wildman–Crippen LogP) is 2.87. The average molecular weight is 514 g/mol. The molecule has 3 aliphatic carbocycles. The number of hydrogen-bond donors (Lipinski definition) is 2. The van der Waals surface area contributed by atoms with E-state index in [1.165, 1.54) is 0 Å². The number of nitrogens with one attached hydrogen (secondary N) is 2. The number of nitrogens with zero attached hydrogens (tertiary/aromatic N) is 7. The van der Waals surface area contributed by atoms with Crippen molar-refractivity contribution < 1.29 is 18.7 Å². The number of halogens is 1. The fourth-order valence-corrected chi connectivity index (χ4v) is 5.55. The molecule has 2 bridgehead atoms. The van der Waals surface area contributed by atoms with Gasteiger partial charge in [0, 0.05) is 19.1 Å². The molecule has 0 aromatic carbocycles. The first-order chi connectivity index (χ1) is 17.5. The first kappa shape index (κ1) is 23.7. The molecule has 4 aliphatic rings. The van der Waals surface area contributed by atoms with E-state index in [2.05, 4.69) is 25.3 Å². The van der Waals surface area contributed by atoms with E-state index in [1.54, 1.807) is 50.7 Å². The Bertz CT molecular complexity index is 1350. The molecule has 0 spiro atoms. The van der Waals surface area contributed by atoms with Crippen molar-refractivity contribution in [2.24, 2.45) is 13.0 Å². The minimum Gasteiger partial charge on any atom is -0.478 e. The van der Waals surface area contributed by atoms with Gasteiger partial charge in [-0.3, -0.25) is 4.68 Å². The van der Waals surface area contributed by atoms with Crippen molar-refractivity contribution in [1.29, 1.82) is 0 Å². The van der Waals surface area contributed by atoms with E-state index < -0.39 is 23.9 Å². The maximum Gasteiger partial charge on any atom is 0.408 e. The minimum atomic E-state index is -1.30. The van der Waals surface area contributed by atoms with Gasteiger partial charge in [-0.05, 0) is 46.0 Å². The molecular weight excluding hydrogens is 481 g/mol. The Labute approximate surface area is 213 Å². The Kier molecular flexibility index (Phi) is 5.25. The van der Waals surface area contributed by atoms with Gasteiger partial charge in [0.2, 0.25) is 5.95 Å². The number of alkyl halides is 1. The lowest BCUT2D eigenvalue weighted by molar-refractivity contribution is -0.0862. The lowest BCUT2D eigenvalue weighted by Crippen LogP contribution is -2.59. The maximum absolute atomic E-state index is 15.0. The summed E-state index contributed by atoms with van der Waals surface area (Å²) in [5.74, 6) is 2.04. The molecule has 1 aliphatic heterocycles. The first-order valence-electron chi connectivity index (χ1n) is 12.5. The van der Waals surface area contributed by atoms with E-state index in [1.807, 2.05) is 6.33 Å². The van der Waals surface area contributed by atoms with Gasteiger partial charge < -0.3 is 29.6 Å². The lowest BCUT2D eigenvalue weighted by atomic mass is 9.50. The molecule has 13 heteroatoms. The normalized spacial score (nSPS) is 26.5. The third-order valence-corrected chi connectivity index (χ3v) is 7.38. The first-order valence-corrected chi connectivity index (χ1v) is 12.5. The quantitative estimate of drug-likeness (QED) is 0.512. The van der Waals surface area contributed by atoms with Crippen LogP contribution in [-0.4, -0.2) is 73.4 Å². The van der Waals surface area contributed by atoms with Crippen molar-refractivity contribution in [3.05, 3.63) is 12.5 Å². The molecule has 0 unspecified atom stereocenters. The highest BCUT2D eigenvalue weighted by Gasteiger charge is 2.58. The van der Waals surface area contributed by atoms with Crippen molar-refractivity contribution in [2.45, 2.75) is 63.4 Å². The molecule has 198 valence electrons. The molecule has 4 heterocycles. The number of hydrogen-bond acceptors (Lipinski definition) is 9. The number of rotatable bonds is 6. The third-order valence-electron chi connectivity index (χ3n) is 7.38. The van der Waals surface area contributed by atoms with Crippen LogP contribution in [0.4, 0.5) is 26.6 Å². The van der Waals surface area contributed by atoms with Crippen molar-refractivity contribution in [3.63, 3.8) is 0 Å². The van der Waals surface area contributed by atoms with Gasteiger partial charge in [0.25, 0.3) is 5.88 Å². The van der Waals surface area contributed by atoms with Gasteiger partial charge in [0.1, 0.15) is 17.5 Å². The molecule has 7 rings (SSSR count). The molecule has 37 heavy (non-hydrogen) atoms. The summed E-state index contributed by atoms with van der Waals surface area (Å²) in [5.41, 5.74) is 1.34. The Hall–Kier alpha value is -3.64. The molecule has 3 aromatic heterocycles. The van der Waals surface area contributed by atoms with Gasteiger partial charge >= 0.3 is 6.09 Å². The fraction of sp³-hybridized carbons (Fsp3) is 0.625. The zero-order valence-corrected chi connectivity index (χ0v) is 21.7. The zero-order chi connectivity index (χ0) is 26.1. The van der Waals surface area contributed by atoms with E-state index in [4.69, 9.17) is 19.4 Å². The summed E-state index contributed by atoms with van der Waals surface area (Å²) in [5, 5.41) is 10.3. The number of imidazole rings is 1. The maximum atomic E-state index is 15.0. The highest BCUT2D eigenvalue weighted by atomic mass is 19.1. The molecule has 2 N–H and O–H groups in total. The highest BCUT2D eigenvalue weighted by molar-refractivity contribution is 5.87. The molecule has 12 nitrogen and oxygen atoms in total. The second-order valence-corrected chi connectivity index (χ2v) is 11.4. The van der Waals surface area contributed by atoms with Crippen LogP contribution in [0.15, 0.2) is 12.5 Å². The van der Waals surface area contributed by atoms with Crippen molar-refractivity contribution in [3.8, 4) is 5.88 Å². The molecule has 0 radical (unpaired) electrons. The van der Waals surface area contributed by atoms with Gasteiger partial charge in [-0.1, -0.05) is 0 Å². The molecule has 1 saturated heterocycles. The Morgan fingerprint density at radius 3 is 2.62 bits per heavy atom. The number of carbonyl (C=O) groups excluding carboxylic acids is 1. The Morgan fingerprint density at radius 1 is 1.22 bits per heavy atom. The summed E-state index contributed by atoms with van der Waals surface area (Å²) in [7, 11) is 3.35. The van der Waals surface area contributed by atoms with Crippen LogP contribution in [0.5, 0.6) is 5.88 Å². The van der Waals surface area contributed by atoms with E-state index >= 15 is 4.39 Å². The standard InChI is InChI=1S/C24H32FN9O3/c1-23(2,3)37-22(35)28-15-11-33(9-14(15)25)21-29-18(27-16-10-32(4)31-20(16)36-5)17-19(30-21)34(12-26-17)24-6-13(7-24)8-24/h10,12-15H,6-9,11H2,1-5H3,(H,28,35)(H,27,29,30)/t13?,14-,15-,24?/m1/s1. The van der Waals surface area contributed by atoms with Crippen LogP contribution in [-0.2, 0) is 17.3 Å². The topological polar surface area (TPSA) is 124 Å². The van der Waals surface area contributed by atoms with Gasteiger partial charge in [-0.15, -0.1) is 5.10 Å². The zero-order valence-electron chi connectivity index (χ0n) is 21.7. The number of methoxy groups -OCH3 is 1. The van der Waals surface area contributed by atoms with E-state index in [-0.39, 0.29) is 18.6 Å². The highest BCUT2D eigenvalue weighted by Crippen LogP contribution is 2.62. The summed E-state index contributed by atoms with van der Waals surface area (Å²) in [6.45, 7) is 5.56. The summed E-state index contributed by atoms with van der Waals surface area (Å²) in [6, 6.07) is -0.744. The number of alkyl carbamates (subject to hydrolysis) is 1. The Morgan fingerprint density at radius 2 is 1.97 bits per heavy atom. The number of aryl methyl sites for hydroxylation is 1. The lowest BCUT2D eigenvalue weighted by Gasteiger charge is -2.62. The number of fused-ring (bicyclic) bond motifs is 1. The van der Waals surface area contributed by atoms with Crippen LogP contribution >= 0.6 is 0 Å². The average Bonchev–Trinajstić information content (AvgIpc) is 3.42. The summed E-state index contributed by atoms with van der Waals surface area (Å²) < 4.78 is 29.5. The van der Waals surface area contributed by atoms with E-state index in [0.29, 0.717) is 34.5 Å². The fourth-order valence-electron chi connectivity index (χ4n) is 5.55. The number of aromatic nitrogens is 6. The van der Waals surface area contributed by atoms with Crippen LogP contribution in [0.3, 0.4) is 0 Å². The second kappa shape index (κ2) is 8.18. The summed E-state index contributed by atoms with van der Waals surface area (Å²) >= 11 is 0. The molecular formula is C24H32FN9O3. The van der Waals surface area contributed by atoms with Crippen LogP contribution in [0.2, 0.25) is 0 Å². The van der Waals surface area contributed by atoms with Gasteiger partial charge in [-0.2, -0.15) is 9.97 Å². The van der Waals surface area contributed by atoms with E-state index in [0.717, 1.165) is 25.2 Å². The summed E-state index contributed by atoms with van der Waals surface area (Å²) in [4.78, 5) is 28.3. The van der Waals surface area contributed by atoms with E-state index in [9.17, 15) is 4.79 Å². The molecule has 4 fully saturated rings. The smallest absolute Gasteiger partial charge is 0.408 e. The van der Waals surface area contributed by atoms with Gasteiger partial charge in [-0.25, -0.2) is 14.2 Å². The summed E-state index contributed by atoms with van der Waals surface area (Å²) in [6.07, 6.45) is 5.03. The van der Waals surface area contributed by atoms with Crippen LogP contribution in [0.25, 0.3) is 11.2 Å². The monoisotopic (exact) mass is 513 g/mol. The van der Waals surface area contributed by atoms with Crippen molar-refractivity contribution >= 4 is 34.7 Å². The Balaban J connectivity index is 1.33. The molecule has 2 atom stereocenters. The molecule has 3 saturated carbocycles. The van der Waals surface area contributed by atoms with Crippen LogP contribution < -0.4 is 20.3 Å². The number of amides is 1. The van der Waals surface area contributed by atoms with Crippen molar-refractivity contribution in [1.82, 2.24) is 34.6 Å². The molecule has 3 aromatic rings. The molecule has 1 amide bonds. The largest absolute Gasteiger partial charge is 0.478 e. The van der Waals surface area contributed by atoms with Crippen LogP contribution in [0.1, 0.15) is 40.0 Å². The second-order valence-electron chi connectivity index (χ2n) is 11.4.